The summed E-state index contributed by atoms with van der Waals surface area (Å²) in [7, 11) is -3.86. The van der Waals surface area contributed by atoms with Gasteiger partial charge >= 0.3 is 0 Å². The highest BCUT2D eigenvalue weighted by Gasteiger charge is 2.40. The van der Waals surface area contributed by atoms with Gasteiger partial charge in [0.15, 0.2) is 0 Å². The van der Waals surface area contributed by atoms with Crippen molar-refractivity contribution >= 4 is 32.5 Å². The number of anilines is 1. The maximum absolute atomic E-state index is 13.5. The highest BCUT2D eigenvalue weighted by atomic mass is 32.2. The molecule has 1 amide bonds. The van der Waals surface area contributed by atoms with Gasteiger partial charge in [-0.25, -0.2) is 8.42 Å². The first-order valence-electron chi connectivity index (χ1n) is 9.62. The maximum atomic E-state index is 13.5. The Morgan fingerprint density at radius 1 is 1.07 bits per heavy atom. The lowest BCUT2D eigenvalue weighted by Crippen LogP contribution is -2.43. The van der Waals surface area contributed by atoms with Crippen LogP contribution in [0.3, 0.4) is 0 Å². The molecule has 0 radical (unpaired) electrons. The lowest BCUT2D eigenvalue weighted by molar-refractivity contribution is -0.119. The zero-order valence-corrected chi connectivity index (χ0v) is 17.2. The van der Waals surface area contributed by atoms with E-state index in [1.807, 2.05) is 44.2 Å². The van der Waals surface area contributed by atoms with E-state index >= 15 is 0 Å². The van der Waals surface area contributed by atoms with E-state index in [2.05, 4.69) is 10.3 Å². The third-order valence-corrected chi connectivity index (χ3v) is 7.36. The molecule has 0 bridgehead atoms. The number of para-hydroxylation sites is 2. The second kappa shape index (κ2) is 7.57. The summed E-state index contributed by atoms with van der Waals surface area (Å²) in [6, 6.07) is 13.7. The predicted octanol–water partition coefficient (Wildman–Crippen LogP) is 3.64. The second-order valence-electron chi connectivity index (χ2n) is 7.36. The SMILES string of the molecule is Cc1cccc(C)c1NC(=O)C1CCCN1S(=O)(=O)c1cccc2cccnc12. The van der Waals surface area contributed by atoms with Crippen LogP contribution in [0.15, 0.2) is 59.6 Å². The zero-order chi connectivity index (χ0) is 20.6. The van der Waals surface area contributed by atoms with Gasteiger partial charge in [-0.15, -0.1) is 0 Å². The first-order valence-corrected chi connectivity index (χ1v) is 11.1. The van der Waals surface area contributed by atoms with Crippen LogP contribution in [-0.2, 0) is 14.8 Å². The number of aryl methyl sites for hydroxylation is 2. The van der Waals surface area contributed by atoms with E-state index in [9.17, 15) is 13.2 Å². The number of amides is 1. The largest absolute Gasteiger partial charge is 0.324 e. The summed E-state index contributed by atoms with van der Waals surface area (Å²) in [5, 5.41) is 3.70. The first kappa shape index (κ1) is 19.5. The van der Waals surface area contributed by atoms with Gasteiger partial charge in [-0.2, -0.15) is 4.31 Å². The minimum Gasteiger partial charge on any atom is -0.324 e. The van der Waals surface area contributed by atoms with Gasteiger partial charge in [-0.3, -0.25) is 9.78 Å². The Morgan fingerprint density at radius 2 is 1.76 bits per heavy atom. The molecule has 1 unspecified atom stereocenters. The van der Waals surface area contributed by atoms with Crippen molar-refractivity contribution < 1.29 is 13.2 Å². The molecule has 0 aliphatic carbocycles. The summed E-state index contributed by atoms with van der Waals surface area (Å²) >= 11 is 0. The van der Waals surface area contributed by atoms with Gasteiger partial charge in [0, 0.05) is 23.8 Å². The van der Waals surface area contributed by atoms with Crippen molar-refractivity contribution in [1.82, 2.24) is 9.29 Å². The molecule has 0 spiro atoms. The van der Waals surface area contributed by atoms with Crippen LogP contribution in [0.4, 0.5) is 5.69 Å². The summed E-state index contributed by atoms with van der Waals surface area (Å²) < 4.78 is 28.2. The number of sulfonamides is 1. The van der Waals surface area contributed by atoms with Crippen LogP contribution in [0.2, 0.25) is 0 Å². The highest BCUT2D eigenvalue weighted by Crippen LogP contribution is 2.31. The predicted molar refractivity (Wildman–Crippen MR) is 113 cm³/mol. The number of nitrogens with zero attached hydrogens (tertiary/aromatic N) is 2. The molecule has 4 rings (SSSR count). The van der Waals surface area contributed by atoms with E-state index in [0.29, 0.717) is 24.9 Å². The number of hydrogen-bond donors (Lipinski definition) is 1. The topological polar surface area (TPSA) is 79.4 Å². The average molecular weight is 410 g/mol. The van der Waals surface area contributed by atoms with Gasteiger partial charge in [0.05, 0.1) is 5.52 Å². The number of fused-ring (bicyclic) bond motifs is 1. The zero-order valence-electron chi connectivity index (χ0n) is 16.4. The van der Waals surface area contributed by atoms with E-state index in [1.54, 1.807) is 24.4 Å². The van der Waals surface area contributed by atoms with E-state index in [4.69, 9.17) is 0 Å². The van der Waals surface area contributed by atoms with Crippen molar-refractivity contribution in [2.24, 2.45) is 0 Å². The van der Waals surface area contributed by atoms with Crippen LogP contribution in [-0.4, -0.2) is 36.2 Å². The number of carbonyl (C=O) groups excluding carboxylic acids is 1. The van der Waals surface area contributed by atoms with Crippen LogP contribution in [0.25, 0.3) is 10.9 Å². The molecule has 6 nitrogen and oxygen atoms in total. The van der Waals surface area contributed by atoms with Gasteiger partial charge in [-0.05, 0) is 49.9 Å². The Balaban J connectivity index is 1.68. The number of aromatic nitrogens is 1. The van der Waals surface area contributed by atoms with E-state index in [0.717, 1.165) is 22.2 Å². The third-order valence-electron chi connectivity index (χ3n) is 5.42. The van der Waals surface area contributed by atoms with Crippen LogP contribution in [0.5, 0.6) is 0 Å². The molecule has 1 aromatic heterocycles. The van der Waals surface area contributed by atoms with Crippen LogP contribution < -0.4 is 5.32 Å². The summed E-state index contributed by atoms with van der Waals surface area (Å²) in [4.78, 5) is 17.5. The van der Waals surface area contributed by atoms with Gasteiger partial charge in [0.2, 0.25) is 15.9 Å². The molecule has 2 aromatic carbocycles. The van der Waals surface area contributed by atoms with Crippen molar-refractivity contribution in [3.8, 4) is 0 Å². The number of hydrogen-bond acceptors (Lipinski definition) is 4. The average Bonchev–Trinajstić information content (AvgIpc) is 3.21. The summed E-state index contributed by atoms with van der Waals surface area (Å²) in [6.45, 7) is 4.16. The highest BCUT2D eigenvalue weighted by molar-refractivity contribution is 7.89. The van der Waals surface area contributed by atoms with Crippen LogP contribution >= 0.6 is 0 Å². The van der Waals surface area contributed by atoms with Crippen LogP contribution in [0, 0.1) is 13.8 Å². The van der Waals surface area contributed by atoms with E-state index in [1.165, 1.54) is 4.31 Å². The maximum Gasteiger partial charge on any atom is 0.245 e. The number of pyridine rings is 1. The molecule has 1 aliphatic rings. The molecule has 150 valence electrons. The Labute approximate surface area is 170 Å². The third kappa shape index (κ3) is 3.52. The molecular formula is C22H23N3O3S. The lowest BCUT2D eigenvalue weighted by atomic mass is 10.1. The van der Waals surface area contributed by atoms with Crippen molar-refractivity contribution in [3.63, 3.8) is 0 Å². The Hall–Kier alpha value is -2.77. The first-order chi connectivity index (χ1) is 13.9. The smallest absolute Gasteiger partial charge is 0.245 e. The number of rotatable bonds is 4. The summed E-state index contributed by atoms with van der Waals surface area (Å²) in [5.74, 6) is -0.295. The Kier molecular flexibility index (Phi) is 5.10. The van der Waals surface area contributed by atoms with Crippen molar-refractivity contribution in [2.45, 2.75) is 37.6 Å². The molecule has 7 heteroatoms. The molecule has 1 atom stereocenters. The quantitative estimate of drug-likeness (QED) is 0.713. The normalized spacial score (nSPS) is 17.5. The number of carbonyl (C=O) groups is 1. The summed E-state index contributed by atoms with van der Waals surface area (Å²) in [6.07, 6.45) is 2.72. The van der Waals surface area contributed by atoms with Gasteiger partial charge in [0.25, 0.3) is 0 Å². The Bertz CT molecular complexity index is 1170. The molecule has 0 saturated carbocycles. The fourth-order valence-corrected chi connectivity index (χ4v) is 5.74. The van der Waals surface area contributed by atoms with E-state index < -0.39 is 16.1 Å². The van der Waals surface area contributed by atoms with Gasteiger partial charge < -0.3 is 5.32 Å². The van der Waals surface area contributed by atoms with E-state index in [-0.39, 0.29) is 10.8 Å². The van der Waals surface area contributed by atoms with Crippen molar-refractivity contribution in [1.29, 1.82) is 0 Å². The molecule has 1 aliphatic heterocycles. The molecule has 1 saturated heterocycles. The van der Waals surface area contributed by atoms with Gasteiger partial charge in [-0.1, -0.05) is 36.4 Å². The summed E-state index contributed by atoms with van der Waals surface area (Å²) in [5.41, 5.74) is 3.07. The van der Waals surface area contributed by atoms with Crippen molar-refractivity contribution in [2.75, 3.05) is 11.9 Å². The number of nitrogens with one attached hydrogen (secondary N) is 1. The minimum atomic E-state index is -3.86. The molecule has 1 fully saturated rings. The molecule has 29 heavy (non-hydrogen) atoms. The number of benzene rings is 2. The molecule has 2 heterocycles. The lowest BCUT2D eigenvalue weighted by Gasteiger charge is -2.24. The molecule has 3 aromatic rings. The fraction of sp³-hybridized carbons (Fsp3) is 0.273. The Morgan fingerprint density at radius 3 is 2.52 bits per heavy atom. The second-order valence-corrected chi connectivity index (χ2v) is 9.22. The van der Waals surface area contributed by atoms with Crippen molar-refractivity contribution in [3.05, 3.63) is 65.9 Å². The fourth-order valence-electron chi connectivity index (χ4n) is 3.92. The standard InChI is InChI=1S/C22H23N3O3S/c1-15-7-3-8-16(2)20(15)24-22(26)18-11-6-14-25(18)29(27,28)19-12-4-9-17-10-5-13-23-21(17)19/h3-5,7-10,12-13,18H,6,11,14H2,1-2H3,(H,24,26). The van der Waals surface area contributed by atoms with Gasteiger partial charge in [0.1, 0.15) is 10.9 Å². The minimum absolute atomic E-state index is 0.141. The molecular weight excluding hydrogens is 386 g/mol. The monoisotopic (exact) mass is 409 g/mol. The molecule has 1 N–H and O–H groups in total. The van der Waals surface area contributed by atoms with Crippen LogP contribution in [0.1, 0.15) is 24.0 Å².